The van der Waals surface area contributed by atoms with Gasteiger partial charge in [-0.25, -0.2) is 0 Å². The van der Waals surface area contributed by atoms with Gasteiger partial charge in [0.15, 0.2) is 0 Å². The molecule has 1 saturated heterocycles. The van der Waals surface area contributed by atoms with Crippen LogP contribution in [0.2, 0.25) is 0 Å². The molecule has 1 aliphatic heterocycles. The molecule has 116 valence electrons. The van der Waals surface area contributed by atoms with E-state index in [4.69, 9.17) is 4.74 Å². The number of aliphatic hydroxyl groups is 1. The SMILES string of the molecule is CN(CC1(O)CCCC1)C(=O)c1cn[nH]c1C1CCOC1. The topological polar surface area (TPSA) is 78.5 Å². The van der Waals surface area contributed by atoms with Crippen LogP contribution >= 0.6 is 0 Å². The highest BCUT2D eigenvalue weighted by Crippen LogP contribution is 2.31. The van der Waals surface area contributed by atoms with Gasteiger partial charge < -0.3 is 14.7 Å². The second kappa shape index (κ2) is 5.77. The maximum atomic E-state index is 12.6. The number of hydrogen-bond acceptors (Lipinski definition) is 4. The van der Waals surface area contributed by atoms with Crippen LogP contribution in [-0.4, -0.2) is 58.5 Å². The van der Waals surface area contributed by atoms with E-state index >= 15 is 0 Å². The predicted molar refractivity (Wildman–Crippen MR) is 77.1 cm³/mol. The van der Waals surface area contributed by atoms with Gasteiger partial charge in [-0.3, -0.25) is 9.89 Å². The number of H-pyrrole nitrogens is 1. The quantitative estimate of drug-likeness (QED) is 0.877. The predicted octanol–water partition coefficient (Wildman–Crippen LogP) is 1.29. The lowest BCUT2D eigenvalue weighted by atomic mass is 9.99. The number of nitrogens with zero attached hydrogens (tertiary/aromatic N) is 2. The minimum atomic E-state index is -0.717. The van der Waals surface area contributed by atoms with Gasteiger partial charge in [-0.05, 0) is 19.3 Å². The Morgan fingerprint density at radius 2 is 2.33 bits per heavy atom. The number of rotatable bonds is 4. The molecule has 0 aromatic carbocycles. The lowest BCUT2D eigenvalue weighted by Gasteiger charge is -2.28. The number of carbonyl (C=O) groups excluding carboxylic acids is 1. The zero-order chi connectivity index (χ0) is 14.9. The van der Waals surface area contributed by atoms with E-state index in [0.717, 1.165) is 44.4 Å². The third-order valence-electron chi connectivity index (χ3n) is 4.65. The van der Waals surface area contributed by atoms with Gasteiger partial charge in [0.25, 0.3) is 5.91 Å². The molecule has 0 radical (unpaired) electrons. The monoisotopic (exact) mass is 293 g/mol. The normalized spacial score (nSPS) is 24.4. The van der Waals surface area contributed by atoms with E-state index in [0.29, 0.717) is 18.7 Å². The summed E-state index contributed by atoms with van der Waals surface area (Å²) in [6.45, 7) is 1.75. The Bertz CT molecular complexity index is 502. The van der Waals surface area contributed by atoms with Crippen LogP contribution in [0.5, 0.6) is 0 Å². The average Bonchev–Trinajstić information content (AvgIpc) is 3.18. The lowest BCUT2D eigenvalue weighted by molar-refractivity contribution is 0.0156. The Balaban J connectivity index is 1.71. The van der Waals surface area contributed by atoms with Crippen molar-refractivity contribution < 1.29 is 14.6 Å². The number of carbonyl (C=O) groups is 1. The van der Waals surface area contributed by atoms with E-state index in [-0.39, 0.29) is 11.8 Å². The van der Waals surface area contributed by atoms with Crippen molar-refractivity contribution >= 4 is 5.91 Å². The molecular formula is C15H23N3O3. The molecule has 1 aliphatic carbocycles. The molecule has 2 heterocycles. The Hall–Kier alpha value is -1.40. The zero-order valence-electron chi connectivity index (χ0n) is 12.5. The molecule has 21 heavy (non-hydrogen) atoms. The molecule has 2 aliphatic rings. The summed E-state index contributed by atoms with van der Waals surface area (Å²) in [5.74, 6) is 0.139. The fraction of sp³-hybridized carbons (Fsp3) is 0.733. The fourth-order valence-corrected chi connectivity index (χ4v) is 3.45. The van der Waals surface area contributed by atoms with Crippen molar-refractivity contribution in [1.29, 1.82) is 0 Å². The van der Waals surface area contributed by atoms with Crippen LogP contribution in [0.25, 0.3) is 0 Å². The summed E-state index contributed by atoms with van der Waals surface area (Å²) >= 11 is 0. The van der Waals surface area contributed by atoms with Gasteiger partial charge in [0.05, 0.1) is 29.7 Å². The van der Waals surface area contributed by atoms with Crippen molar-refractivity contribution in [1.82, 2.24) is 15.1 Å². The molecule has 1 unspecified atom stereocenters. The number of ether oxygens (including phenoxy) is 1. The number of likely N-dealkylation sites (N-methyl/N-ethyl adjacent to an activating group) is 1. The number of aromatic amines is 1. The summed E-state index contributed by atoms with van der Waals surface area (Å²) in [6.07, 6.45) is 6.13. The summed E-state index contributed by atoms with van der Waals surface area (Å²) < 4.78 is 5.39. The van der Waals surface area contributed by atoms with Crippen LogP contribution in [0.1, 0.15) is 54.1 Å². The van der Waals surface area contributed by atoms with E-state index in [1.54, 1.807) is 18.1 Å². The average molecular weight is 293 g/mol. The highest BCUT2D eigenvalue weighted by atomic mass is 16.5. The highest BCUT2D eigenvalue weighted by molar-refractivity contribution is 5.95. The molecule has 1 amide bonds. The molecule has 1 aromatic heterocycles. The largest absolute Gasteiger partial charge is 0.388 e. The lowest BCUT2D eigenvalue weighted by Crippen LogP contribution is -2.42. The van der Waals surface area contributed by atoms with E-state index in [9.17, 15) is 9.90 Å². The molecule has 1 saturated carbocycles. The summed E-state index contributed by atoms with van der Waals surface area (Å²) in [5, 5.41) is 17.4. The van der Waals surface area contributed by atoms with Crippen LogP contribution < -0.4 is 0 Å². The second-order valence-electron chi connectivity index (χ2n) is 6.35. The summed E-state index contributed by atoms with van der Waals surface area (Å²) in [4.78, 5) is 14.2. The fourth-order valence-electron chi connectivity index (χ4n) is 3.45. The first-order valence-corrected chi connectivity index (χ1v) is 7.68. The summed E-state index contributed by atoms with van der Waals surface area (Å²) in [5.41, 5.74) is 0.752. The molecular weight excluding hydrogens is 270 g/mol. The van der Waals surface area contributed by atoms with Gasteiger partial charge in [-0.15, -0.1) is 0 Å². The molecule has 6 nitrogen and oxygen atoms in total. The van der Waals surface area contributed by atoms with Gasteiger partial charge in [0, 0.05) is 26.1 Å². The van der Waals surface area contributed by atoms with Crippen molar-refractivity contribution in [2.75, 3.05) is 26.8 Å². The molecule has 1 atom stereocenters. The summed E-state index contributed by atoms with van der Waals surface area (Å²) in [6, 6.07) is 0. The van der Waals surface area contributed by atoms with E-state index in [1.807, 2.05) is 0 Å². The Morgan fingerprint density at radius 3 is 3.00 bits per heavy atom. The minimum absolute atomic E-state index is 0.0778. The smallest absolute Gasteiger partial charge is 0.257 e. The van der Waals surface area contributed by atoms with Crippen molar-refractivity contribution in [3.8, 4) is 0 Å². The third kappa shape index (κ3) is 2.96. The van der Waals surface area contributed by atoms with Gasteiger partial charge in [-0.2, -0.15) is 5.10 Å². The Morgan fingerprint density at radius 1 is 1.57 bits per heavy atom. The number of aromatic nitrogens is 2. The van der Waals surface area contributed by atoms with Crippen molar-refractivity contribution in [2.24, 2.45) is 0 Å². The number of hydrogen-bond donors (Lipinski definition) is 2. The second-order valence-corrected chi connectivity index (χ2v) is 6.35. The third-order valence-corrected chi connectivity index (χ3v) is 4.65. The standard InChI is InChI=1S/C15H23N3O3/c1-18(10-15(20)5-2-3-6-15)14(19)12-8-16-17-13(12)11-4-7-21-9-11/h8,11,20H,2-7,9-10H2,1H3,(H,16,17). The van der Waals surface area contributed by atoms with Crippen molar-refractivity contribution in [3.63, 3.8) is 0 Å². The molecule has 6 heteroatoms. The van der Waals surface area contributed by atoms with Crippen LogP contribution in [0.3, 0.4) is 0 Å². The molecule has 3 rings (SSSR count). The highest BCUT2D eigenvalue weighted by Gasteiger charge is 2.34. The van der Waals surface area contributed by atoms with Gasteiger partial charge in [0.2, 0.25) is 0 Å². The summed E-state index contributed by atoms with van der Waals surface area (Å²) in [7, 11) is 1.75. The van der Waals surface area contributed by atoms with Crippen molar-refractivity contribution in [3.05, 3.63) is 17.5 Å². The zero-order valence-corrected chi connectivity index (χ0v) is 12.5. The minimum Gasteiger partial charge on any atom is -0.388 e. The molecule has 2 N–H and O–H groups in total. The van der Waals surface area contributed by atoms with Gasteiger partial charge in [-0.1, -0.05) is 12.8 Å². The van der Waals surface area contributed by atoms with E-state index in [1.165, 1.54) is 0 Å². The van der Waals surface area contributed by atoms with Crippen LogP contribution in [0.4, 0.5) is 0 Å². The van der Waals surface area contributed by atoms with Gasteiger partial charge in [0.1, 0.15) is 0 Å². The first-order valence-electron chi connectivity index (χ1n) is 7.68. The Kier molecular flexibility index (Phi) is 3.99. The molecule has 2 fully saturated rings. The molecule has 0 spiro atoms. The number of nitrogens with one attached hydrogen (secondary N) is 1. The number of amides is 1. The first kappa shape index (κ1) is 14.5. The Labute approximate surface area is 124 Å². The van der Waals surface area contributed by atoms with E-state index < -0.39 is 5.60 Å². The molecule has 0 bridgehead atoms. The van der Waals surface area contributed by atoms with Crippen LogP contribution in [0, 0.1) is 0 Å². The van der Waals surface area contributed by atoms with Gasteiger partial charge >= 0.3 is 0 Å². The maximum absolute atomic E-state index is 12.6. The molecule has 1 aromatic rings. The van der Waals surface area contributed by atoms with Crippen molar-refractivity contribution in [2.45, 2.75) is 43.6 Å². The van der Waals surface area contributed by atoms with E-state index in [2.05, 4.69) is 10.2 Å². The first-order chi connectivity index (χ1) is 10.1. The van der Waals surface area contributed by atoms with Crippen LogP contribution in [0.15, 0.2) is 6.20 Å². The van der Waals surface area contributed by atoms with Crippen LogP contribution in [-0.2, 0) is 4.74 Å². The maximum Gasteiger partial charge on any atom is 0.257 e.